The molecule has 2 amide bonds. The summed E-state index contributed by atoms with van der Waals surface area (Å²) in [6.07, 6.45) is -1.12. The van der Waals surface area contributed by atoms with Crippen LogP contribution in [0.5, 0.6) is 5.75 Å². The van der Waals surface area contributed by atoms with Crippen molar-refractivity contribution in [2.24, 2.45) is 0 Å². The van der Waals surface area contributed by atoms with E-state index >= 15 is 0 Å². The number of methoxy groups -OCH3 is 1. The first-order valence-electron chi connectivity index (χ1n) is 8.08. The summed E-state index contributed by atoms with van der Waals surface area (Å²) in [5.41, 5.74) is 0.511. The van der Waals surface area contributed by atoms with Gasteiger partial charge in [0.15, 0.2) is 6.10 Å². The summed E-state index contributed by atoms with van der Waals surface area (Å²) in [4.78, 5) is 35.9. The van der Waals surface area contributed by atoms with Crippen LogP contribution >= 0.6 is 0 Å². The lowest BCUT2D eigenvalue weighted by Crippen LogP contribution is -2.36. The molecule has 8 heteroatoms. The summed E-state index contributed by atoms with van der Waals surface area (Å²) in [7, 11) is 1.43. The van der Waals surface area contributed by atoms with Gasteiger partial charge in [0, 0.05) is 5.69 Å². The summed E-state index contributed by atoms with van der Waals surface area (Å²) in [6, 6.07) is 11.9. The Morgan fingerprint density at radius 2 is 1.85 bits per heavy atom. The first-order chi connectivity index (χ1) is 12.9. The van der Waals surface area contributed by atoms with Crippen LogP contribution in [0.25, 0.3) is 0 Å². The number of amides is 2. The SMILES string of the molecule is COc1ccccc1C(=O)NCC(=O)O[C@@H](C)C(=O)Nc1cccc(F)c1. The predicted octanol–water partition coefficient (Wildman–Crippen LogP) is 2.13. The van der Waals surface area contributed by atoms with Crippen LogP contribution in [0.2, 0.25) is 0 Å². The summed E-state index contributed by atoms with van der Waals surface area (Å²) >= 11 is 0. The van der Waals surface area contributed by atoms with Crippen molar-refractivity contribution in [3.8, 4) is 5.75 Å². The number of ether oxygens (including phenoxy) is 2. The molecule has 2 aromatic rings. The molecule has 0 unspecified atom stereocenters. The number of carbonyl (C=O) groups excluding carboxylic acids is 3. The van der Waals surface area contributed by atoms with Gasteiger partial charge in [0.1, 0.15) is 18.1 Å². The fourth-order valence-corrected chi connectivity index (χ4v) is 2.18. The molecule has 0 bridgehead atoms. The number of rotatable bonds is 7. The number of esters is 1. The number of hydrogen-bond donors (Lipinski definition) is 2. The van der Waals surface area contributed by atoms with Crippen LogP contribution in [0, 0.1) is 5.82 Å². The van der Waals surface area contributed by atoms with E-state index in [2.05, 4.69) is 10.6 Å². The lowest BCUT2D eigenvalue weighted by Gasteiger charge is -2.14. The minimum absolute atomic E-state index is 0.243. The molecule has 0 saturated heterocycles. The number of hydrogen-bond acceptors (Lipinski definition) is 5. The second-order valence-electron chi connectivity index (χ2n) is 5.51. The largest absolute Gasteiger partial charge is 0.496 e. The highest BCUT2D eigenvalue weighted by Gasteiger charge is 2.19. The maximum atomic E-state index is 13.1. The molecule has 0 spiro atoms. The molecular formula is C19H19FN2O5. The predicted molar refractivity (Wildman–Crippen MR) is 95.9 cm³/mol. The van der Waals surface area contributed by atoms with Crippen molar-refractivity contribution in [2.45, 2.75) is 13.0 Å². The number of nitrogens with one attached hydrogen (secondary N) is 2. The van der Waals surface area contributed by atoms with Crippen LogP contribution in [-0.4, -0.2) is 37.5 Å². The van der Waals surface area contributed by atoms with E-state index in [0.717, 1.165) is 6.07 Å². The summed E-state index contributed by atoms with van der Waals surface area (Å²) in [5.74, 6) is -2.06. The number of anilines is 1. The van der Waals surface area contributed by atoms with E-state index in [0.29, 0.717) is 5.75 Å². The van der Waals surface area contributed by atoms with Gasteiger partial charge in [0.25, 0.3) is 11.8 Å². The fraction of sp³-hybridized carbons (Fsp3) is 0.211. The molecule has 0 aliphatic rings. The van der Waals surface area contributed by atoms with E-state index in [1.54, 1.807) is 24.3 Å². The van der Waals surface area contributed by atoms with E-state index in [1.807, 2.05) is 0 Å². The Hall–Kier alpha value is -3.42. The summed E-state index contributed by atoms with van der Waals surface area (Å²) in [6.45, 7) is 0.947. The average molecular weight is 374 g/mol. The van der Waals surface area contributed by atoms with Gasteiger partial charge in [-0.2, -0.15) is 0 Å². The minimum atomic E-state index is -1.12. The summed E-state index contributed by atoms with van der Waals surface area (Å²) < 4.78 is 23.2. The van der Waals surface area contributed by atoms with E-state index in [-0.39, 0.29) is 11.3 Å². The van der Waals surface area contributed by atoms with Gasteiger partial charge in [-0.15, -0.1) is 0 Å². The zero-order valence-corrected chi connectivity index (χ0v) is 14.8. The Morgan fingerprint density at radius 1 is 1.11 bits per heavy atom. The van der Waals surface area contributed by atoms with Crippen molar-refractivity contribution >= 4 is 23.5 Å². The first kappa shape index (κ1) is 19.9. The molecule has 0 saturated carbocycles. The van der Waals surface area contributed by atoms with Crippen LogP contribution in [0.3, 0.4) is 0 Å². The molecule has 142 valence electrons. The first-order valence-corrected chi connectivity index (χ1v) is 8.08. The Labute approximate surface area is 155 Å². The van der Waals surface area contributed by atoms with E-state index in [1.165, 1.54) is 32.2 Å². The Balaban J connectivity index is 1.84. The quantitative estimate of drug-likeness (QED) is 0.724. The van der Waals surface area contributed by atoms with Gasteiger partial charge in [-0.1, -0.05) is 18.2 Å². The van der Waals surface area contributed by atoms with Gasteiger partial charge >= 0.3 is 5.97 Å². The molecule has 2 aromatic carbocycles. The molecular weight excluding hydrogens is 355 g/mol. The highest BCUT2D eigenvalue weighted by Crippen LogP contribution is 2.16. The van der Waals surface area contributed by atoms with Gasteiger partial charge < -0.3 is 20.1 Å². The number of carbonyl (C=O) groups is 3. The molecule has 27 heavy (non-hydrogen) atoms. The third-order valence-corrected chi connectivity index (χ3v) is 3.51. The van der Waals surface area contributed by atoms with E-state index in [4.69, 9.17) is 9.47 Å². The van der Waals surface area contributed by atoms with Gasteiger partial charge in [0.2, 0.25) is 0 Å². The van der Waals surface area contributed by atoms with Crippen molar-refractivity contribution in [3.63, 3.8) is 0 Å². The van der Waals surface area contributed by atoms with Crippen LogP contribution in [0.1, 0.15) is 17.3 Å². The normalized spacial score (nSPS) is 11.2. The molecule has 2 rings (SSSR count). The molecule has 2 N–H and O–H groups in total. The lowest BCUT2D eigenvalue weighted by molar-refractivity contribution is -0.152. The molecule has 0 heterocycles. The zero-order chi connectivity index (χ0) is 19.8. The van der Waals surface area contributed by atoms with Crippen molar-refractivity contribution < 1.29 is 28.2 Å². The molecule has 0 aliphatic heterocycles. The van der Waals surface area contributed by atoms with Crippen LogP contribution < -0.4 is 15.4 Å². The van der Waals surface area contributed by atoms with Crippen LogP contribution in [0.4, 0.5) is 10.1 Å². The molecule has 0 fully saturated rings. The number of halogens is 1. The van der Waals surface area contributed by atoms with E-state index < -0.39 is 36.2 Å². The van der Waals surface area contributed by atoms with Crippen molar-refractivity contribution in [1.29, 1.82) is 0 Å². The van der Waals surface area contributed by atoms with Crippen LogP contribution in [-0.2, 0) is 14.3 Å². The monoisotopic (exact) mass is 374 g/mol. The van der Waals surface area contributed by atoms with Crippen molar-refractivity contribution in [2.75, 3.05) is 19.0 Å². The summed E-state index contributed by atoms with van der Waals surface area (Å²) in [5, 5.41) is 4.83. The Kier molecular flexibility index (Phi) is 6.87. The van der Waals surface area contributed by atoms with Gasteiger partial charge in [-0.05, 0) is 37.3 Å². The molecule has 1 atom stereocenters. The second kappa shape index (κ2) is 9.33. The fourth-order valence-electron chi connectivity index (χ4n) is 2.18. The molecule has 0 radical (unpaired) electrons. The van der Waals surface area contributed by atoms with E-state index in [9.17, 15) is 18.8 Å². The number of para-hydroxylation sites is 1. The molecule has 7 nitrogen and oxygen atoms in total. The Morgan fingerprint density at radius 3 is 2.56 bits per heavy atom. The lowest BCUT2D eigenvalue weighted by atomic mass is 10.2. The number of benzene rings is 2. The Bertz CT molecular complexity index is 840. The van der Waals surface area contributed by atoms with Gasteiger partial charge in [0.05, 0.1) is 12.7 Å². The maximum Gasteiger partial charge on any atom is 0.326 e. The highest BCUT2D eigenvalue weighted by molar-refractivity contribution is 5.99. The van der Waals surface area contributed by atoms with Gasteiger partial charge in [-0.3, -0.25) is 14.4 Å². The van der Waals surface area contributed by atoms with Gasteiger partial charge in [-0.25, -0.2) is 4.39 Å². The second-order valence-corrected chi connectivity index (χ2v) is 5.51. The standard InChI is InChI=1S/C19H19FN2O5/c1-12(18(24)22-14-7-5-6-13(20)10-14)27-17(23)11-21-19(25)15-8-3-4-9-16(15)26-2/h3-10,12H,11H2,1-2H3,(H,21,25)(H,22,24)/t12-/m0/s1. The van der Waals surface area contributed by atoms with Crippen LogP contribution in [0.15, 0.2) is 48.5 Å². The smallest absolute Gasteiger partial charge is 0.326 e. The minimum Gasteiger partial charge on any atom is -0.496 e. The van der Waals surface area contributed by atoms with Crippen molar-refractivity contribution in [3.05, 3.63) is 59.9 Å². The third kappa shape index (κ3) is 5.81. The molecule has 0 aliphatic carbocycles. The van der Waals surface area contributed by atoms with Crippen molar-refractivity contribution in [1.82, 2.24) is 5.32 Å². The molecule has 0 aromatic heterocycles. The zero-order valence-electron chi connectivity index (χ0n) is 14.8. The third-order valence-electron chi connectivity index (χ3n) is 3.51. The average Bonchev–Trinajstić information content (AvgIpc) is 2.66. The highest BCUT2D eigenvalue weighted by atomic mass is 19.1. The maximum absolute atomic E-state index is 13.1. The topological polar surface area (TPSA) is 93.7 Å².